The Morgan fingerprint density at radius 3 is 2.55 bits per heavy atom. The third-order valence-electron chi connectivity index (χ3n) is 2.42. The van der Waals surface area contributed by atoms with Crippen LogP contribution in [0.2, 0.25) is 0 Å². The molecule has 0 saturated carbocycles. The summed E-state index contributed by atoms with van der Waals surface area (Å²) < 4.78 is 16.0. The van der Waals surface area contributed by atoms with E-state index in [1.165, 1.54) is 25.3 Å². The van der Waals surface area contributed by atoms with Gasteiger partial charge in [0.15, 0.2) is 0 Å². The van der Waals surface area contributed by atoms with E-state index < -0.39 is 26.4 Å². The number of aromatic hydroxyl groups is 1. The molecule has 9 heteroatoms. The highest BCUT2D eigenvalue weighted by molar-refractivity contribution is 7.51. The number of nitrogens with zero attached hydrogens (tertiary/aromatic N) is 1. The van der Waals surface area contributed by atoms with Crippen LogP contribution in [0, 0.1) is 0 Å². The lowest BCUT2D eigenvalue weighted by molar-refractivity contribution is -0.138. The molecule has 0 fully saturated rings. The molecule has 20 heavy (non-hydrogen) atoms. The van der Waals surface area contributed by atoms with Gasteiger partial charge in [0.25, 0.3) is 0 Å². The number of ether oxygens (including phenoxy) is 1. The van der Waals surface area contributed by atoms with Crippen molar-refractivity contribution in [3.8, 4) is 11.5 Å². The first-order valence-electron chi connectivity index (χ1n) is 5.56. The van der Waals surface area contributed by atoms with Crippen LogP contribution in [-0.2, 0) is 15.9 Å². The van der Waals surface area contributed by atoms with Gasteiger partial charge in [-0.05, 0) is 18.2 Å². The molecule has 112 valence electrons. The largest absolute Gasteiger partial charge is 0.508 e. The molecule has 0 aliphatic carbocycles. The molecule has 8 nitrogen and oxygen atoms in total. The molecular formula is C11H16NO7P. The highest BCUT2D eigenvalue weighted by Gasteiger charge is 2.22. The van der Waals surface area contributed by atoms with Crippen LogP contribution in [0.3, 0.4) is 0 Å². The zero-order chi connectivity index (χ0) is 15.3. The Hall–Kier alpha value is -1.60. The van der Waals surface area contributed by atoms with Gasteiger partial charge in [0, 0.05) is 12.1 Å². The summed E-state index contributed by atoms with van der Waals surface area (Å²) in [6.45, 7) is -0.678. The Labute approximate surface area is 115 Å². The van der Waals surface area contributed by atoms with Crippen molar-refractivity contribution in [2.45, 2.75) is 6.54 Å². The third kappa shape index (κ3) is 5.58. The third-order valence-corrected chi connectivity index (χ3v) is 3.19. The molecule has 1 aromatic rings. The summed E-state index contributed by atoms with van der Waals surface area (Å²) in [6.07, 6.45) is -0.712. The van der Waals surface area contributed by atoms with Gasteiger partial charge in [0.2, 0.25) is 0 Å². The van der Waals surface area contributed by atoms with E-state index in [0.717, 1.165) is 4.90 Å². The first-order chi connectivity index (χ1) is 9.21. The van der Waals surface area contributed by atoms with Crippen molar-refractivity contribution >= 4 is 13.6 Å². The van der Waals surface area contributed by atoms with Gasteiger partial charge < -0.3 is 24.7 Å². The fourth-order valence-corrected chi connectivity index (χ4v) is 2.39. The van der Waals surface area contributed by atoms with E-state index in [2.05, 4.69) is 0 Å². The van der Waals surface area contributed by atoms with Crippen molar-refractivity contribution < 1.29 is 34.1 Å². The maximum atomic E-state index is 11.0. The molecule has 0 bridgehead atoms. The van der Waals surface area contributed by atoms with Gasteiger partial charge in [0.1, 0.15) is 17.8 Å². The molecule has 1 rings (SSSR count). The van der Waals surface area contributed by atoms with E-state index in [4.69, 9.17) is 19.6 Å². The van der Waals surface area contributed by atoms with Crippen LogP contribution in [0.5, 0.6) is 11.5 Å². The highest BCUT2D eigenvalue weighted by Crippen LogP contribution is 2.36. The second kappa shape index (κ2) is 6.71. The van der Waals surface area contributed by atoms with Gasteiger partial charge in [-0.2, -0.15) is 0 Å². The second-order valence-corrected chi connectivity index (χ2v) is 5.79. The van der Waals surface area contributed by atoms with E-state index in [-0.39, 0.29) is 12.3 Å². The molecule has 0 unspecified atom stereocenters. The average Bonchev–Trinajstić information content (AvgIpc) is 2.29. The Morgan fingerprint density at radius 2 is 2.05 bits per heavy atom. The number of phenols is 1. The monoisotopic (exact) mass is 305 g/mol. The number of carboxylic acids is 1. The van der Waals surface area contributed by atoms with Crippen LogP contribution in [0.4, 0.5) is 0 Å². The van der Waals surface area contributed by atoms with Gasteiger partial charge in [-0.15, -0.1) is 0 Å². The summed E-state index contributed by atoms with van der Waals surface area (Å²) >= 11 is 0. The first kappa shape index (κ1) is 16.5. The van der Waals surface area contributed by atoms with E-state index in [1.807, 2.05) is 0 Å². The van der Waals surface area contributed by atoms with Crippen LogP contribution < -0.4 is 4.74 Å². The summed E-state index contributed by atoms with van der Waals surface area (Å²) in [4.78, 5) is 29.6. The number of aliphatic carboxylic acids is 1. The number of phenolic OH excluding ortho intramolecular Hbond substituents is 1. The Kier molecular flexibility index (Phi) is 5.52. The minimum absolute atomic E-state index is 0.105. The van der Waals surface area contributed by atoms with Crippen molar-refractivity contribution in [2.24, 2.45) is 0 Å². The molecule has 0 aromatic heterocycles. The minimum Gasteiger partial charge on any atom is -0.508 e. The quantitative estimate of drug-likeness (QED) is 0.534. The topological polar surface area (TPSA) is 128 Å². The molecule has 4 N–H and O–H groups in total. The van der Waals surface area contributed by atoms with Crippen molar-refractivity contribution in [1.82, 2.24) is 4.90 Å². The highest BCUT2D eigenvalue weighted by atomic mass is 31.2. The summed E-state index contributed by atoms with van der Waals surface area (Å²) in [5, 5.41) is 18.4. The second-order valence-electron chi connectivity index (χ2n) is 4.18. The normalized spacial score (nSPS) is 11.6. The molecule has 0 spiro atoms. The standard InChI is InChI=1S/C11H16NO7P/c1-19-9-2-3-10(13)8(4-9)5-12(6-11(14)15)7-20(16,17)18/h2-4,13H,5-7H2,1H3,(H,14,15)(H2,16,17,18). The SMILES string of the molecule is COc1ccc(O)c(CN(CC(=O)O)CP(=O)(O)O)c1. The van der Waals surface area contributed by atoms with Gasteiger partial charge in [0.05, 0.1) is 13.7 Å². The fraction of sp³-hybridized carbons (Fsp3) is 0.364. The predicted octanol–water partition coefficient (Wildman–Crippen LogP) is 0.423. The number of rotatable bonds is 7. The molecule has 0 saturated heterocycles. The summed E-state index contributed by atoms with van der Waals surface area (Å²) in [6, 6.07) is 4.36. The van der Waals surface area contributed by atoms with Gasteiger partial charge in [-0.3, -0.25) is 14.3 Å². The van der Waals surface area contributed by atoms with Crippen LogP contribution in [0.25, 0.3) is 0 Å². The molecule has 0 amide bonds. The summed E-state index contributed by atoms with van der Waals surface area (Å²) in [5.41, 5.74) is 0.319. The minimum atomic E-state index is -4.40. The number of methoxy groups -OCH3 is 1. The Balaban J connectivity index is 2.93. The molecule has 0 radical (unpaired) electrons. The van der Waals surface area contributed by atoms with Crippen molar-refractivity contribution in [3.63, 3.8) is 0 Å². The average molecular weight is 305 g/mol. The van der Waals surface area contributed by atoms with Crippen molar-refractivity contribution in [2.75, 3.05) is 19.9 Å². The van der Waals surface area contributed by atoms with Crippen LogP contribution >= 0.6 is 7.60 Å². The smallest absolute Gasteiger partial charge is 0.339 e. The zero-order valence-corrected chi connectivity index (χ0v) is 11.7. The first-order valence-corrected chi connectivity index (χ1v) is 7.35. The van der Waals surface area contributed by atoms with E-state index in [1.54, 1.807) is 0 Å². The van der Waals surface area contributed by atoms with E-state index >= 15 is 0 Å². The molecular weight excluding hydrogens is 289 g/mol. The van der Waals surface area contributed by atoms with Crippen LogP contribution in [0.1, 0.15) is 5.56 Å². The van der Waals surface area contributed by atoms with Crippen molar-refractivity contribution in [1.29, 1.82) is 0 Å². The zero-order valence-electron chi connectivity index (χ0n) is 10.8. The fourth-order valence-electron chi connectivity index (χ4n) is 1.66. The number of benzene rings is 1. The molecule has 0 aliphatic heterocycles. The molecule has 0 aliphatic rings. The Morgan fingerprint density at radius 1 is 1.40 bits per heavy atom. The lowest BCUT2D eigenvalue weighted by Crippen LogP contribution is -2.30. The number of carbonyl (C=O) groups is 1. The van der Waals surface area contributed by atoms with Crippen molar-refractivity contribution in [3.05, 3.63) is 23.8 Å². The summed E-state index contributed by atoms with van der Waals surface area (Å²) in [5.74, 6) is -0.878. The lowest BCUT2D eigenvalue weighted by atomic mass is 10.2. The molecule has 0 heterocycles. The van der Waals surface area contributed by atoms with Gasteiger partial charge in [-0.25, -0.2) is 0 Å². The van der Waals surface area contributed by atoms with E-state index in [0.29, 0.717) is 11.3 Å². The maximum Gasteiger partial charge on any atom is 0.339 e. The van der Waals surface area contributed by atoms with Crippen LogP contribution in [0.15, 0.2) is 18.2 Å². The molecule has 1 aromatic carbocycles. The Bertz CT molecular complexity index is 528. The number of hydrogen-bond acceptors (Lipinski definition) is 5. The predicted molar refractivity (Wildman–Crippen MR) is 69.6 cm³/mol. The van der Waals surface area contributed by atoms with Gasteiger partial charge in [-0.1, -0.05) is 0 Å². The number of carboxylic acid groups (broad SMARTS) is 1. The molecule has 0 atom stereocenters. The lowest BCUT2D eigenvalue weighted by Gasteiger charge is -2.21. The number of hydrogen-bond donors (Lipinski definition) is 4. The maximum absolute atomic E-state index is 11.0. The van der Waals surface area contributed by atoms with Gasteiger partial charge >= 0.3 is 13.6 Å². The van der Waals surface area contributed by atoms with E-state index in [9.17, 15) is 14.5 Å². The summed E-state index contributed by atoms with van der Waals surface area (Å²) in [7, 11) is -2.97. The van der Waals surface area contributed by atoms with Crippen LogP contribution in [-0.4, -0.2) is 50.8 Å².